The summed E-state index contributed by atoms with van der Waals surface area (Å²) in [5.41, 5.74) is -0.494. The lowest BCUT2D eigenvalue weighted by molar-refractivity contribution is 0.504. The molecule has 0 bridgehead atoms. The molecule has 0 radical (unpaired) electrons. The number of hydrogen-bond acceptors (Lipinski definition) is 3. The highest BCUT2D eigenvalue weighted by Crippen LogP contribution is 2.21. The first kappa shape index (κ1) is 15.1. The maximum Gasteiger partial charge on any atom is 0.182 e. The maximum absolute atomic E-state index is 13.8. The lowest BCUT2D eigenvalue weighted by Crippen LogP contribution is -2.08. The average molecular weight is 311 g/mol. The smallest absolute Gasteiger partial charge is 0.182 e. The minimum atomic E-state index is -4.06. The Morgan fingerprint density at radius 3 is 2.38 bits per heavy atom. The van der Waals surface area contributed by atoms with E-state index in [9.17, 15) is 21.6 Å². The second-order valence-corrected chi connectivity index (χ2v) is 6.22. The molecule has 0 heterocycles. The summed E-state index contributed by atoms with van der Waals surface area (Å²) in [6, 6.07) is 7.50. The van der Waals surface area contributed by atoms with Gasteiger partial charge in [-0.05, 0) is 24.3 Å². The highest BCUT2D eigenvalue weighted by atomic mass is 32.2. The normalized spacial score (nSPS) is 11.1. The van der Waals surface area contributed by atoms with Crippen LogP contribution in [-0.4, -0.2) is 8.42 Å². The van der Waals surface area contributed by atoms with Crippen LogP contribution in [0.1, 0.15) is 11.1 Å². The molecule has 0 amide bonds. The van der Waals surface area contributed by atoms with E-state index < -0.39 is 37.9 Å². The molecule has 0 N–H and O–H groups in total. The molecule has 0 aliphatic heterocycles. The monoisotopic (exact) mass is 311 g/mol. The fourth-order valence-corrected chi connectivity index (χ4v) is 3.09. The zero-order valence-electron chi connectivity index (χ0n) is 10.5. The zero-order valence-corrected chi connectivity index (χ0v) is 11.3. The van der Waals surface area contributed by atoms with Crippen molar-refractivity contribution in [1.82, 2.24) is 0 Å². The van der Waals surface area contributed by atoms with Gasteiger partial charge < -0.3 is 0 Å². The third-order valence-corrected chi connectivity index (χ3v) is 4.46. The van der Waals surface area contributed by atoms with E-state index in [0.717, 1.165) is 6.07 Å². The molecule has 0 aromatic heterocycles. The van der Waals surface area contributed by atoms with E-state index in [4.69, 9.17) is 5.26 Å². The van der Waals surface area contributed by atoms with Crippen LogP contribution < -0.4 is 0 Å². The van der Waals surface area contributed by atoms with Crippen molar-refractivity contribution in [3.05, 3.63) is 65.0 Å². The highest BCUT2D eigenvalue weighted by Gasteiger charge is 2.20. The van der Waals surface area contributed by atoms with Gasteiger partial charge in [0.2, 0.25) is 0 Å². The van der Waals surface area contributed by atoms with Crippen LogP contribution in [-0.2, 0) is 15.6 Å². The van der Waals surface area contributed by atoms with E-state index in [0.29, 0.717) is 12.1 Å². The van der Waals surface area contributed by atoms with E-state index >= 15 is 0 Å². The van der Waals surface area contributed by atoms with Gasteiger partial charge in [0.05, 0.1) is 16.2 Å². The van der Waals surface area contributed by atoms with Crippen LogP contribution in [0.4, 0.5) is 13.2 Å². The SMILES string of the molecule is N#Cc1cccc(CS(=O)(=O)c2ccc(F)c(F)c2)c1F. The fraction of sp³-hybridized carbons (Fsp3) is 0.0714. The van der Waals surface area contributed by atoms with Gasteiger partial charge in [-0.1, -0.05) is 12.1 Å². The van der Waals surface area contributed by atoms with Gasteiger partial charge in [0.25, 0.3) is 0 Å². The zero-order chi connectivity index (χ0) is 15.6. The number of sulfone groups is 1. The Balaban J connectivity index is 2.43. The molecule has 0 aliphatic rings. The molecule has 108 valence electrons. The second-order valence-electron chi connectivity index (χ2n) is 4.23. The number of halogens is 3. The number of rotatable bonds is 3. The largest absolute Gasteiger partial charge is 0.223 e. The molecule has 0 fully saturated rings. The summed E-state index contributed by atoms with van der Waals surface area (Å²) >= 11 is 0. The Morgan fingerprint density at radius 2 is 1.76 bits per heavy atom. The lowest BCUT2D eigenvalue weighted by Gasteiger charge is -2.07. The standard InChI is InChI=1S/C14H8F3NO2S/c15-12-5-4-11(6-13(12)16)21(19,20)8-10-3-1-2-9(7-18)14(10)17/h1-6H,8H2. The molecule has 0 spiro atoms. The summed E-state index contributed by atoms with van der Waals surface area (Å²) in [6.45, 7) is 0. The van der Waals surface area contributed by atoms with Gasteiger partial charge in [-0.25, -0.2) is 21.6 Å². The number of nitrogens with zero attached hydrogens (tertiary/aromatic N) is 1. The average Bonchev–Trinajstić information content (AvgIpc) is 2.44. The van der Waals surface area contributed by atoms with Crippen molar-refractivity contribution in [3.8, 4) is 6.07 Å². The van der Waals surface area contributed by atoms with Gasteiger partial charge in [0.15, 0.2) is 21.5 Å². The Morgan fingerprint density at radius 1 is 1.05 bits per heavy atom. The number of hydrogen-bond donors (Lipinski definition) is 0. The number of benzene rings is 2. The van der Waals surface area contributed by atoms with Crippen LogP contribution in [0.15, 0.2) is 41.3 Å². The predicted molar refractivity (Wildman–Crippen MR) is 68.4 cm³/mol. The third-order valence-electron chi connectivity index (χ3n) is 2.79. The molecule has 7 heteroatoms. The second kappa shape index (κ2) is 5.58. The summed E-state index contributed by atoms with van der Waals surface area (Å²) in [7, 11) is -4.06. The van der Waals surface area contributed by atoms with Crippen molar-refractivity contribution in [2.45, 2.75) is 10.6 Å². The first-order valence-corrected chi connectivity index (χ1v) is 7.35. The van der Waals surface area contributed by atoms with E-state index in [1.807, 2.05) is 0 Å². The van der Waals surface area contributed by atoms with Crippen molar-refractivity contribution in [2.75, 3.05) is 0 Å². The van der Waals surface area contributed by atoms with Crippen LogP contribution in [0, 0.1) is 28.8 Å². The Kier molecular flexibility index (Phi) is 4.00. The predicted octanol–water partition coefficient (Wildman–Crippen LogP) is 2.95. The minimum absolute atomic E-state index is 0.209. The molecule has 2 aromatic rings. The summed E-state index contributed by atoms with van der Waals surface area (Å²) < 4.78 is 63.9. The summed E-state index contributed by atoms with van der Waals surface area (Å²) in [6.07, 6.45) is 0. The van der Waals surface area contributed by atoms with E-state index in [1.54, 1.807) is 6.07 Å². The van der Waals surface area contributed by atoms with Crippen molar-refractivity contribution in [3.63, 3.8) is 0 Å². The van der Waals surface area contributed by atoms with Crippen LogP contribution in [0.5, 0.6) is 0 Å². The third kappa shape index (κ3) is 3.06. The van der Waals surface area contributed by atoms with Gasteiger partial charge in [0.1, 0.15) is 11.9 Å². The first-order valence-electron chi connectivity index (χ1n) is 5.70. The minimum Gasteiger partial charge on any atom is -0.223 e. The highest BCUT2D eigenvalue weighted by molar-refractivity contribution is 7.90. The van der Waals surface area contributed by atoms with Crippen molar-refractivity contribution in [1.29, 1.82) is 5.26 Å². The van der Waals surface area contributed by atoms with Crippen LogP contribution in [0.3, 0.4) is 0 Å². The number of nitriles is 1. The maximum atomic E-state index is 13.8. The molecule has 3 nitrogen and oxygen atoms in total. The van der Waals surface area contributed by atoms with Gasteiger partial charge >= 0.3 is 0 Å². The molecule has 21 heavy (non-hydrogen) atoms. The molecular formula is C14H8F3NO2S. The molecule has 0 aliphatic carbocycles. The van der Waals surface area contributed by atoms with E-state index in [2.05, 4.69) is 0 Å². The van der Waals surface area contributed by atoms with Gasteiger partial charge in [-0.3, -0.25) is 0 Å². The van der Waals surface area contributed by atoms with Gasteiger partial charge in [0, 0.05) is 5.56 Å². The van der Waals surface area contributed by atoms with E-state index in [-0.39, 0.29) is 11.1 Å². The van der Waals surface area contributed by atoms with Crippen LogP contribution in [0.2, 0.25) is 0 Å². The van der Waals surface area contributed by atoms with Crippen molar-refractivity contribution in [2.24, 2.45) is 0 Å². The molecule has 0 saturated heterocycles. The van der Waals surface area contributed by atoms with Gasteiger partial charge in [-0.15, -0.1) is 0 Å². The molecular weight excluding hydrogens is 303 g/mol. The molecule has 2 rings (SSSR count). The van der Waals surface area contributed by atoms with E-state index in [1.165, 1.54) is 18.2 Å². The van der Waals surface area contributed by atoms with Crippen LogP contribution in [0.25, 0.3) is 0 Å². The Bertz CT molecular complexity index is 842. The summed E-state index contributed by atoms with van der Waals surface area (Å²) in [5, 5.41) is 8.69. The molecule has 0 atom stereocenters. The first-order chi connectivity index (χ1) is 9.85. The lowest BCUT2D eigenvalue weighted by atomic mass is 10.1. The molecule has 0 unspecified atom stereocenters. The summed E-state index contributed by atoms with van der Waals surface area (Å²) in [4.78, 5) is -0.455. The summed E-state index contributed by atoms with van der Waals surface area (Å²) in [5.74, 6) is -4.17. The fourth-order valence-electron chi connectivity index (χ4n) is 1.74. The van der Waals surface area contributed by atoms with Crippen molar-refractivity contribution < 1.29 is 21.6 Å². The topological polar surface area (TPSA) is 57.9 Å². The Hall–Kier alpha value is -2.33. The quantitative estimate of drug-likeness (QED) is 0.819. The van der Waals surface area contributed by atoms with Gasteiger partial charge in [-0.2, -0.15) is 5.26 Å². The van der Waals surface area contributed by atoms with Crippen LogP contribution >= 0.6 is 0 Å². The Labute approximate surface area is 119 Å². The molecule has 2 aromatic carbocycles. The van der Waals surface area contributed by atoms with Crippen molar-refractivity contribution >= 4 is 9.84 Å². The molecule has 0 saturated carbocycles.